The van der Waals surface area contributed by atoms with E-state index in [2.05, 4.69) is 0 Å². The van der Waals surface area contributed by atoms with Crippen LogP contribution >= 0.6 is 0 Å². The third kappa shape index (κ3) is 1.71. The molecule has 0 amide bonds. The summed E-state index contributed by atoms with van der Waals surface area (Å²) in [6.45, 7) is 2.39. The second-order valence-corrected chi connectivity index (χ2v) is 3.09. The molecule has 3 nitrogen and oxygen atoms in total. The highest BCUT2D eigenvalue weighted by Crippen LogP contribution is 2.29. The molecule has 0 saturated heterocycles. The Kier molecular flexibility index (Phi) is 2.68. The van der Waals surface area contributed by atoms with Gasteiger partial charge in [0.25, 0.3) is 0 Å². The highest BCUT2D eigenvalue weighted by molar-refractivity contribution is 5.80. The van der Waals surface area contributed by atoms with E-state index in [-0.39, 0.29) is 0 Å². The Bertz CT molecular complexity index is 445. The van der Waals surface area contributed by atoms with Crippen molar-refractivity contribution in [2.75, 3.05) is 11.7 Å². The van der Waals surface area contributed by atoms with Crippen LogP contribution in [0.4, 0.5) is 5.69 Å². The van der Waals surface area contributed by atoms with Gasteiger partial charge < -0.3 is 0 Å². The molecule has 0 aliphatic carbocycles. The highest BCUT2D eigenvalue weighted by Gasteiger charge is 2.17. The van der Waals surface area contributed by atoms with Gasteiger partial charge in [0.1, 0.15) is 0 Å². The molecule has 0 radical (unpaired) electrons. The lowest BCUT2D eigenvalue weighted by Gasteiger charge is -2.26. The Labute approximate surface area is 88.2 Å². The second-order valence-electron chi connectivity index (χ2n) is 3.09. The Morgan fingerprint density at radius 1 is 1.33 bits per heavy atom. The summed E-state index contributed by atoms with van der Waals surface area (Å²) in [7, 11) is 0. The van der Waals surface area contributed by atoms with Gasteiger partial charge in [0.15, 0.2) is 11.6 Å². The lowest BCUT2D eigenvalue weighted by atomic mass is 10.1. The van der Waals surface area contributed by atoms with Gasteiger partial charge in [0, 0.05) is 5.56 Å². The molecular weight excluding hydrogens is 190 g/mol. The summed E-state index contributed by atoms with van der Waals surface area (Å²) in [5.74, 6) is 1.86. The number of benzene rings is 1. The van der Waals surface area contributed by atoms with E-state index in [9.17, 15) is 4.79 Å². The van der Waals surface area contributed by atoms with Crippen LogP contribution < -0.4 is 5.06 Å². The van der Waals surface area contributed by atoms with Gasteiger partial charge in [0.05, 0.1) is 12.3 Å². The van der Waals surface area contributed by atoms with E-state index < -0.39 is 0 Å². The first-order valence-corrected chi connectivity index (χ1v) is 4.82. The van der Waals surface area contributed by atoms with Crippen molar-refractivity contribution >= 4 is 17.7 Å². The first kappa shape index (κ1) is 9.71. The fourth-order valence-corrected chi connectivity index (χ4v) is 1.52. The third-order valence-electron chi connectivity index (χ3n) is 2.16. The van der Waals surface area contributed by atoms with Crippen molar-refractivity contribution < 1.29 is 9.63 Å². The van der Waals surface area contributed by atoms with Crippen LogP contribution in [0.25, 0.3) is 6.08 Å². The number of carbonyl (C=O) groups excluding carboxylic acids is 1. The van der Waals surface area contributed by atoms with Crippen LogP contribution in [0.15, 0.2) is 36.0 Å². The van der Waals surface area contributed by atoms with Gasteiger partial charge in [-0.05, 0) is 25.1 Å². The molecule has 1 aliphatic heterocycles. The maximum atomic E-state index is 10.7. The van der Waals surface area contributed by atoms with Crippen molar-refractivity contribution in [3.63, 3.8) is 0 Å². The molecule has 0 N–H and O–H groups in total. The zero-order chi connectivity index (χ0) is 10.7. The topological polar surface area (TPSA) is 29.5 Å². The predicted molar refractivity (Wildman–Crippen MR) is 58.8 cm³/mol. The Hall–Kier alpha value is -1.83. The molecule has 15 heavy (non-hydrogen) atoms. The number of hydrogen-bond acceptors (Lipinski definition) is 3. The smallest absolute Gasteiger partial charge is 0.153 e. The lowest BCUT2D eigenvalue weighted by molar-refractivity contribution is 0.141. The molecule has 3 heteroatoms. The van der Waals surface area contributed by atoms with Crippen LogP contribution in [0.2, 0.25) is 0 Å². The summed E-state index contributed by atoms with van der Waals surface area (Å²) in [4.78, 5) is 16.1. The summed E-state index contributed by atoms with van der Waals surface area (Å²) in [5, 5.41) is 1.52. The molecule has 0 saturated carbocycles. The summed E-state index contributed by atoms with van der Waals surface area (Å²) in [6.07, 6.45) is 3.58. The number of nitrogens with zero attached hydrogens (tertiary/aromatic N) is 1. The SMILES string of the molecule is CCON1C(=C=O)C=Cc2ccccc21. The van der Waals surface area contributed by atoms with Crippen molar-refractivity contribution in [1.82, 2.24) is 0 Å². The van der Waals surface area contributed by atoms with Gasteiger partial charge in [-0.1, -0.05) is 18.2 Å². The van der Waals surface area contributed by atoms with E-state index >= 15 is 0 Å². The average molecular weight is 201 g/mol. The third-order valence-corrected chi connectivity index (χ3v) is 2.16. The largest absolute Gasteiger partial charge is 0.268 e. The minimum Gasteiger partial charge on any atom is -0.268 e. The number of anilines is 1. The van der Waals surface area contributed by atoms with E-state index in [1.54, 1.807) is 6.08 Å². The highest BCUT2D eigenvalue weighted by atomic mass is 16.7. The monoisotopic (exact) mass is 201 g/mol. The van der Waals surface area contributed by atoms with Crippen molar-refractivity contribution in [3.8, 4) is 0 Å². The van der Waals surface area contributed by atoms with E-state index in [0.29, 0.717) is 12.3 Å². The molecule has 1 heterocycles. The Balaban J connectivity index is 2.49. The minimum atomic E-state index is 0.399. The summed E-state index contributed by atoms with van der Waals surface area (Å²) in [5.41, 5.74) is 2.31. The molecule has 0 atom stereocenters. The fourth-order valence-electron chi connectivity index (χ4n) is 1.52. The molecule has 76 valence electrons. The fraction of sp³-hybridized carbons (Fsp3) is 0.167. The van der Waals surface area contributed by atoms with Crippen molar-refractivity contribution in [1.29, 1.82) is 0 Å². The van der Waals surface area contributed by atoms with Crippen LogP contribution in [-0.4, -0.2) is 12.5 Å². The molecule has 0 spiro atoms. The predicted octanol–water partition coefficient (Wildman–Crippen LogP) is 2.19. The molecular formula is C12H11NO2. The van der Waals surface area contributed by atoms with Gasteiger partial charge >= 0.3 is 0 Å². The number of rotatable bonds is 2. The molecule has 1 aromatic rings. The summed E-state index contributed by atoms with van der Waals surface area (Å²) >= 11 is 0. The van der Waals surface area contributed by atoms with E-state index in [4.69, 9.17) is 4.84 Å². The van der Waals surface area contributed by atoms with Crippen LogP contribution in [0, 0.1) is 0 Å². The second kappa shape index (κ2) is 4.13. The standard InChI is InChI=1S/C12H11NO2/c1-2-15-13-11(9-14)8-7-10-5-3-4-6-12(10)13/h3-8H,2H2,1H3. The zero-order valence-electron chi connectivity index (χ0n) is 8.43. The van der Waals surface area contributed by atoms with Crippen LogP contribution in [0.5, 0.6) is 0 Å². The van der Waals surface area contributed by atoms with Gasteiger partial charge in [-0.2, -0.15) is 0 Å². The quantitative estimate of drug-likeness (QED) is 0.687. The maximum Gasteiger partial charge on any atom is 0.153 e. The number of hydroxylamine groups is 1. The van der Waals surface area contributed by atoms with Crippen LogP contribution in [0.1, 0.15) is 12.5 Å². The molecule has 0 aromatic heterocycles. The first-order valence-electron chi connectivity index (χ1n) is 4.82. The average Bonchev–Trinajstić information content (AvgIpc) is 2.30. The molecule has 1 aliphatic rings. The minimum absolute atomic E-state index is 0.399. The van der Waals surface area contributed by atoms with Gasteiger partial charge in [-0.15, -0.1) is 0 Å². The number of fused-ring (bicyclic) bond motifs is 1. The van der Waals surface area contributed by atoms with Crippen molar-refractivity contribution in [2.45, 2.75) is 6.92 Å². The first-order chi connectivity index (χ1) is 7.36. The molecule has 1 aromatic carbocycles. The van der Waals surface area contributed by atoms with Crippen molar-refractivity contribution in [3.05, 3.63) is 41.6 Å². The van der Waals surface area contributed by atoms with E-state index in [0.717, 1.165) is 11.3 Å². The normalized spacial score (nSPS) is 13.7. The van der Waals surface area contributed by atoms with E-state index in [1.165, 1.54) is 5.06 Å². The summed E-state index contributed by atoms with van der Waals surface area (Å²) in [6, 6.07) is 7.74. The Morgan fingerprint density at radius 3 is 2.87 bits per heavy atom. The molecule has 2 rings (SSSR count). The number of para-hydroxylation sites is 1. The van der Waals surface area contributed by atoms with E-state index in [1.807, 2.05) is 43.2 Å². The van der Waals surface area contributed by atoms with Gasteiger partial charge in [-0.3, -0.25) is 4.84 Å². The van der Waals surface area contributed by atoms with Gasteiger partial charge in [-0.25, -0.2) is 9.86 Å². The number of allylic oxidation sites excluding steroid dienone is 1. The van der Waals surface area contributed by atoms with Gasteiger partial charge in [0.2, 0.25) is 0 Å². The van der Waals surface area contributed by atoms with Crippen molar-refractivity contribution in [2.24, 2.45) is 0 Å². The molecule has 0 fully saturated rings. The molecule has 0 unspecified atom stereocenters. The molecule has 0 bridgehead atoms. The van der Waals surface area contributed by atoms with Crippen LogP contribution in [-0.2, 0) is 9.63 Å². The lowest BCUT2D eigenvalue weighted by Crippen LogP contribution is -2.24. The van der Waals surface area contributed by atoms with Crippen LogP contribution in [0.3, 0.4) is 0 Å². The number of hydrogen-bond donors (Lipinski definition) is 0. The zero-order valence-corrected chi connectivity index (χ0v) is 8.43. The summed E-state index contributed by atoms with van der Waals surface area (Å²) < 4.78 is 0. The Morgan fingerprint density at radius 2 is 2.13 bits per heavy atom. The maximum absolute atomic E-state index is 10.7.